The molecule has 1 aromatic carbocycles. The normalized spacial score (nSPS) is 24.2. The van der Waals surface area contributed by atoms with Crippen molar-refractivity contribution in [3.63, 3.8) is 0 Å². The first-order valence-corrected chi connectivity index (χ1v) is 11.4. The van der Waals surface area contributed by atoms with Gasteiger partial charge in [0, 0.05) is 32.7 Å². The van der Waals surface area contributed by atoms with Gasteiger partial charge in [-0.05, 0) is 51.8 Å². The quantitative estimate of drug-likeness (QED) is 0.533. The van der Waals surface area contributed by atoms with Gasteiger partial charge in [-0.15, -0.1) is 0 Å². The number of nitrogens with zero attached hydrogens (tertiary/aromatic N) is 3. The average molecular weight is 428 g/mol. The largest absolute Gasteiger partial charge is 0.504 e. The minimum Gasteiger partial charge on any atom is -0.504 e. The minimum atomic E-state index is -0.134. The summed E-state index contributed by atoms with van der Waals surface area (Å²) in [5.74, 6) is 0.491. The highest BCUT2D eigenvalue weighted by atomic mass is 16.5. The molecular weight excluding hydrogens is 394 g/mol. The second-order valence-electron chi connectivity index (χ2n) is 8.96. The summed E-state index contributed by atoms with van der Waals surface area (Å²) in [5.41, 5.74) is 0.929. The molecule has 2 amide bonds. The van der Waals surface area contributed by atoms with Crippen molar-refractivity contribution in [2.24, 2.45) is 11.8 Å². The van der Waals surface area contributed by atoms with Crippen LogP contribution in [0.5, 0.6) is 11.5 Å². The van der Waals surface area contributed by atoms with Gasteiger partial charge in [0.1, 0.15) is 0 Å². The molecular formula is C24H33N3O4. The molecule has 0 saturated carbocycles. The number of fused-ring (bicyclic) bond motifs is 1. The van der Waals surface area contributed by atoms with E-state index in [-0.39, 0.29) is 35.5 Å². The van der Waals surface area contributed by atoms with Gasteiger partial charge in [0.05, 0.1) is 23.6 Å². The van der Waals surface area contributed by atoms with Crippen molar-refractivity contribution in [1.82, 2.24) is 9.80 Å². The van der Waals surface area contributed by atoms with Gasteiger partial charge in [-0.2, -0.15) is 0 Å². The Labute approximate surface area is 184 Å². The first-order chi connectivity index (χ1) is 15.0. The lowest BCUT2D eigenvalue weighted by Gasteiger charge is -2.37. The highest BCUT2D eigenvalue weighted by Gasteiger charge is 2.46. The third-order valence-corrected chi connectivity index (χ3v) is 6.49. The molecule has 2 heterocycles. The Morgan fingerprint density at radius 1 is 1.00 bits per heavy atom. The van der Waals surface area contributed by atoms with Crippen LogP contribution in [0.15, 0.2) is 30.4 Å². The zero-order chi connectivity index (χ0) is 22.0. The van der Waals surface area contributed by atoms with E-state index in [0.717, 1.165) is 44.8 Å². The summed E-state index contributed by atoms with van der Waals surface area (Å²) in [6.45, 7) is 8.77. The topological polar surface area (TPSA) is 73.3 Å². The molecule has 1 aliphatic carbocycles. The molecule has 3 aliphatic rings. The van der Waals surface area contributed by atoms with Crippen LogP contribution in [0, 0.1) is 11.8 Å². The van der Waals surface area contributed by atoms with E-state index in [1.165, 1.54) is 4.90 Å². The van der Waals surface area contributed by atoms with Gasteiger partial charge in [0.25, 0.3) is 0 Å². The number of imide groups is 1. The molecule has 7 nitrogen and oxygen atoms in total. The second kappa shape index (κ2) is 9.30. The van der Waals surface area contributed by atoms with Crippen LogP contribution in [0.25, 0.3) is 0 Å². The predicted molar refractivity (Wildman–Crippen MR) is 119 cm³/mol. The Kier molecular flexibility index (Phi) is 6.51. The van der Waals surface area contributed by atoms with Crippen molar-refractivity contribution in [2.45, 2.75) is 39.2 Å². The van der Waals surface area contributed by atoms with E-state index in [0.29, 0.717) is 25.1 Å². The van der Waals surface area contributed by atoms with Crippen LogP contribution < -0.4 is 9.64 Å². The highest BCUT2D eigenvalue weighted by molar-refractivity contribution is 6.05. The zero-order valence-electron chi connectivity index (χ0n) is 18.5. The minimum absolute atomic E-state index is 0.0102. The number of benzene rings is 1. The molecule has 2 unspecified atom stereocenters. The number of rotatable bonds is 7. The van der Waals surface area contributed by atoms with Gasteiger partial charge in [-0.3, -0.25) is 19.4 Å². The van der Waals surface area contributed by atoms with Crippen LogP contribution >= 0.6 is 0 Å². The lowest BCUT2D eigenvalue weighted by molar-refractivity contribution is -0.140. The van der Waals surface area contributed by atoms with Crippen LogP contribution in [0.4, 0.5) is 5.69 Å². The number of phenols is 1. The number of carbonyl (C=O) groups is 2. The first kappa shape index (κ1) is 21.7. The van der Waals surface area contributed by atoms with E-state index in [1.807, 2.05) is 38.1 Å². The number of phenolic OH excluding ortho intramolecular Hbond substituents is 1. The van der Waals surface area contributed by atoms with Gasteiger partial charge < -0.3 is 14.7 Å². The summed E-state index contributed by atoms with van der Waals surface area (Å²) in [6, 6.07) is 5.50. The Bertz CT molecular complexity index is 819. The summed E-state index contributed by atoms with van der Waals surface area (Å²) in [7, 11) is 0. The van der Waals surface area contributed by atoms with Crippen molar-refractivity contribution in [3.8, 4) is 11.5 Å². The van der Waals surface area contributed by atoms with Gasteiger partial charge in [0.15, 0.2) is 11.5 Å². The fourth-order valence-electron chi connectivity index (χ4n) is 4.87. The summed E-state index contributed by atoms with van der Waals surface area (Å²) in [6.07, 6.45) is 6.25. The smallest absolute Gasteiger partial charge is 0.233 e. The van der Waals surface area contributed by atoms with E-state index < -0.39 is 0 Å². The molecule has 7 heteroatoms. The third kappa shape index (κ3) is 4.56. The number of piperazine rings is 1. The highest BCUT2D eigenvalue weighted by Crippen LogP contribution is 2.38. The SMILES string of the molecule is CC(C)Oc1c(O)cccc1N1CCN(CCCN2C(=O)C3CC=CCC3C2=O)CC1. The summed E-state index contributed by atoms with van der Waals surface area (Å²) < 4.78 is 5.86. The maximum absolute atomic E-state index is 12.6. The molecule has 2 saturated heterocycles. The number of carbonyl (C=O) groups excluding carboxylic acids is 2. The van der Waals surface area contributed by atoms with Crippen molar-refractivity contribution in [1.29, 1.82) is 0 Å². The molecule has 0 radical (unpaired) electrons. The molecule has 2 fully saturated rings. The average Bonchev–Trinajstić information content (AvgIpc) is 3.00. The van der Waals surface area contributed by atoms with Gasteiger partial charge >= 0.3 is 0 Å². The molecule has 168 valence electrons. The number of aromatic hydroxyl groups is 1. The molecule has 2 atom stereocenters. The van der Waals surface area contributed by atoms with Crippen LogP contribution in [0.2, 0.25) is 0 Å². The van der Waals surface area contributed by atoms with Gasteiger partial charge in [-0.1, -0.05) is 18.2 Å². The number of ether oxygens (including phenoxy) is 1. The number of hydrogen-bond acceptors (Lipinski definition) is 6. The Hall–Kier alpha value is -2.54. The van der Waals surface area contributed by atoms with Crippen LogP contribution in [-0.4, -0.2) is 72.1 Å². The lowest BCUT2D eigenvalue weighted by atomic mass is 9.85. The molecule has 0 spiro atoms. The van der Waals surface area contributed by atoms with E-state index in [4.69, 9.17) is 4.74 Å². The van der Waals surface area contributed by atoms with E-state index >= 15 is 0 Å². The second-order valence-corrected chi connectivity index (χ2v) is 8.96. The zero-order valence-corrected chi connectivity index (χ0v) is 18.5. The maximum atomic E-state index is 12.6. The number of hydrogen-bond donors (Lipinski definition) is 1. The molecule has 0 aromatic heterocycles. The number of amides is 2. The Morgan fingerprint density at radius 2 is 1.65 bits per heavy atom. The molecule has 31 heavy (non-hydrogen) atoms. The lowest BCUT2D eigenvalue weighted by Crippen LogP contribution is -2.47. The van der Waals surface area contributed by atoms with Gasteiger partial charge in [0.2, 0.25) is 11.8 Å². The van der Waals surface area contributed by atoms with E-state index in [1.54, 1.807) is 6.07 Å². The monoisotopic (exact) mass is 427 g/mol. The van der Waals surface area contributed by atoms with Crippen molar-refractivity contribution in [3.05, 3.63) is 30.4 Å². The van der Waals surface area contributed by atoms with Crippen molar-refractivity contribution in [2.75, 3.05) is 44.2 Å². The summed E-state index contributed by atoms with van der Waals surface area (Å²) in [4.78, 5) is 31.3. The molecule has 2 aliphatic heterocycles. The Morgan fingerprint density at radius 3 is 2.26 bits per heavy atom. The predicted octanol–water partition coefficient (Wildman–Crippen LogP) is 2.64. The molecule has 1 N–H and O–H groups in total. The standard InChI is InChI=1S/C24H33N3O4/c1-17(2)31-22-20(9-5-10-21(22)28)26-15-13-25(14-16-26)11-6-12-27-23(29)18-7-3-4-8-19(18)24(27)30/h3-5,9-10,17-19,28H,6-8,11-16H2,1-2H3. The first-order valence-electron chi connectivity index (χ1n) is 11.4. The van der Waals surface area contributed by atoms with Crippen LogP contribution in [0.3, 0.4) is 0 Å². The summed E-state index contributed by atoms with van der Waals surface area (Å²) >= 11 is 0. The summed E-state index contributed by atoms with van der Waals surface area (Å²) in [5, 5.41) is 10.2. The number of likely N-dealkylation sites (tertiary alicyclic amines) is 1. The fourth-order valence-corrected chi connectivity index (χ4v) is 4.87. The molecule has 0 bridgehead atoms. The maximum Gasteiger partial charge on any atom is 0.233 e. The third-order valence-electron chi connectivity index (χ3n) is 6.49. The molecule has 4 rings (SSSR count). The fraction of sp³-hybridized carbons (Fsp3) is 0.583. The van der Waals surface area contributed by atoms with Crippen LogP contribution in [0.1, 0.15) is 33.1 Å². The van der Waals surface area contributed by atoms with E-state index in [2.05, 4.69) is 9.80 Å². The molecule has 1 aromatic rings. The van der Waals surface area contributed by atoms with Gasteiger partial charge in [-0.25, -0.2) is 0 Å². The van der Waals surface area contributed by atoms with Crippen LogP contribution in [-0.2, 0) is 9.59 Å². The van der Waals surface area contributed by atoms with Crippen molar-refractivity contribution >= 4 is 17.5 Å². The van der Waals surface area contributed by atoms with Crippen molar-refractivity contribution < 1.29 is 19.4 Å². The Balaban J connectivity index is 1.27. The number of allylic oxidation sites excluding steroid dienone is 2. The number of anilines is 1. The van der Waals surface area contributed by atoms with E-state index in [9.17, 15) is 14.7 Å². The number of para-hydroxylation sites is 1.